The summed E-state index contributed by atoms with van der Waals surface area (Å²) in [4.78, 5) is 8.40. The minimum absolute atomic E-state index is 0.0280. The van der Waals surface area contributed by atoms with Crippen molar-refractivity contribution in [1.82, 2.24) is 14.3 Å². The lowest BCUT2D eigenvalue weighted by Crippen LogP contribution is -2.30. The van der Waals surface area contributed by atoms with Gasteiger partial charge in [-0.1, -0.05) is 6.07 Å². The molecule has 7 heteroatoms. The first-order valence-corrected chi connectivity index (χ1v) is 9.51. The molecule has 1 aliphatic heterocycles. The van der Waals surface area contributed by atoms with Gasteiger partial charge >= 0.3 is 0 Å². The molecule has 1 fully saturated rings. The zero-order valence-electron chi connectivity index (χ0n) is 13.4. The number of nitrogens with zero attached hydrogens (tertiary/aromatic N) is 3. The first-order valence-electron chi connectivity index (χ1n) is 8.07. The first-order chi connectivity index (χ1) is 12.1. The summed E-state index contributed by atoms with van der Waals surface area (Å²) in [6, 6.07) is 9.68. The molecule has 1 aromatic carbocycles. The van der Waals surface area contributed by atoms with Crippen LogP contribution in [0.2, 0.25) is 0 Å². The molecule has 1 atom stereocenters. The summed E-state index contributed by atoms with van der Waals surface area (Å²) in [7, 11) is -3.72. The fourth-order valence-corrected chi connectivity index (χ4v) is 5.28. The van der Waals surface area contributed by atoms with E-state index in [9.17, 15) is 13.5 Å². The first kappa shape index (κ1) is 16.0. The molecule has 0 spiro atoms. The van der Waals surface area contributed by atoms with Crippen molar-refractivity contribution in [2.75, 3.05) is 6.54 Å². The van der Waals surface area contributed by atoms with E-state index in [4.69, 9.17) is 0 Å². The van der Waals surface area contributed by atoms with Crippen LogP contribution in [0.3, 0.4) is 0 Å². The summed E-state index contributed by atoms with van der Waals surface area (Å²) in [5.41, 5.74) is 1.19. The number of benzene rings is 1. The van der Waals surface area contributed by atoms with Gasteiger partial charge < -0.3 is 5.11 Å². The van der Waals surface area contributed by atoms with Gasteiger partial charge in [-0.2, -0.15) is 4.31 Å². The number of phenolic OH excluding ortho intramolecular Hbond substituents is 1. The standard InChI is InChI=1S/C18H17N3O3S/c22-16-7-8-17(14-5-2-10-20-18(14)16)25(23,24)21-11-3-6-15(21)13-4-1-9-19-12-13/h1-2,4-5,7-10,12,15,22H,3,6,11H2. The topological polar surface area (TPSA) is 83.4 Å². The Balaban J connectivity index is 1.84. The van der Waals surface area contributed by atoms with Crippen molar-refractivity contribution >= 4 is 20.9 Å². The van der Waals surface area contributed by atoms with E-state index in [1.54, 1.807) is 24.5 Å². The van der Waals surface area contributed by atoms with E-state index in [1.165, 1.54) is 22.6 Å². The summed E-state index contributed by atoms with van der Waals surface area (Å²) in [6.07, 6.45) is 6.49. The zero-order chi connectivity index (χ0) is 17.4. The monoisotopic (exact) mass is 355 g/mol. The molecule has 1 unspecified atom stereocenters. The fourth-order valence-electron chi connectivity index (χ4n) is 3.42. The van der Waals surface area contributed by atoms with Gasteiger partial charge in [-0.25, -0.2) is 8.42 Å². The van der Waals surface area contributed by atoms with Gasteiger partial charge in [0.1, 0.15) is 11.3 Å². The van der Waals surface area contributed by atoms with Crippen LogP contribution in [0.1, 0.15) is 24.4 Å². The Morgan fingerprint density at radius 3 is 2.76 bits per heavy atom. The maximum atomic E-state index is 13.3. The number of hydrogen-bond acceptors (Lipinski definition) is 5. The van der Waals surface area contributed by atoms with Gasteiger partial charge in [0.05, 0.1) is 10.9 Å². The highest BCUT2D eigenvalue weighted by Crippen LogP contribution is 2.38. The molecule has 0 saturated carbocycles. The molecule has 0 amide bonds. The zero-order valence-corrected chi connectivity index (χ0v) is 14.2. The fraction of sp³-hybridized carbons (Fsp3) is 0.222. The van der Waals surface area contributed by atoms with Crippen LogP contribution in [0.4, 0.5) is 0 Å². The predicted molar refractivity (Wildman–Crippen MR) is 93.5 cm³/mol. The second-order valence-corrected chi connectivity index (χ2v) is 7.90. The van der Waals surface area contributed by atoms with E-state index >= 15 is 0 Å². The van der Waals surface area contributed by atoms with E-state index in [2.05, 4.69) is 9.97 Å². The molecule has 25 heavy (non-hydrogen) atoms. The lowest BCUT2D eigenvalue weighted by Gasteiger charge is -2.24. The van der Waals surface area contributed by atoms with Gasteiger partial charge in [0.15, 0.2) is 0 Å². The van der Waals surface area contributed by atoms with Crippen molar-refractivity contribution in [3.63, 3.8) is 0 Å². The quantitative estimate of drug-likeness (QED) is 0.781. The van der Waals surface area contributed by atoms with Crippen molar-refractivity contribution in [2.24, 2.45) is 0 Å². The molecular formula is C18H17N3O3S. The number of rotatable bonds is 3. The number of pyridine rings is 2. The molecule has 2 aromatic heterocycles. The van der Waals surface area contributed by atoms with Crippen molar-refractivity contribution < 1.29 is 13.5 Å². The Bertz CT molecular complexity index is 1020. The summed E-state index contributed by atoms with van der Waals surface area (Å²) < 4.78 is 28.2. The Morgan fingerprint density at radius 2 is 1.96 bits per heavy atom. The normalized spacial score (nSPS) is 18.6. The van der Waals surface area contributed by atoms with Gasteiger partial charge in [0.2, 0.25) is 10.0 Å². The number of aromatic hydroxyl groups is 1. The van der Waals surface area contributed by atoms with E-state index in [0.717, 1.165) is 18.4 Å². The second-order valence-electron chi connectivity index (χ2n) is 6.04. The lowest BCUT2D eigenvalue weighted by atomic mass is 10.1. The highest BCUT2D eigenvalue weighted by molar-refractivity contribution is 7.89. The van der Waals surface area contributed by atoms with Gasteiger partial charge in [0.25, 0.3) is 0 Å². The highest BCUT2D eigenvalue weighted by Gasteiger charge is 2.37. The second kappa shape index (κ2) is 6.09. The van der Waals surface area contributed by atoms with Crippen molar-refractivity contribution in [1.29, 1.82) is 0 Å². The molecule has 0 aliphatic carbocycles. The van der Waals surface area contributed by atoms with Crippen LogP contribution in [0, 0.1) is 0 Å². The van der Waals surface area contributed by atoms with E-state index in [0.29, 0.717) is 17.4 Å². The van der Waals surface area contributed by atoms with Crippen LogP contribution in [-0.2, 0) is 10.0 Å². The molecule has 128 valence electrons. The Hall–Kier alpha value is -2.51. The van der Waals surface area contributed by atoms with Crippen LogP contribution < -0.4 is 0 Å². The molecular weight excluding hydrogens is 338 g/mol. The van der Waals surface area contributed by atoms with Gasteiger partial charge in [-0.3, -0.25) is 9.97 Å². The predicted octanol–water partition coefficient (Wildman–Crippen LogP) is 2.86. The molecule has 4 rings (SSSR count). The number of aromatic nitrogens is 2. The molecule has 1 N–H and O–H groups in total. The number of fused-ring (bicyclic) bond motifs is 1. The smallest absolute Gasteiger partial charge is 0.244 e. The Kier molecular flexibility index (Phi) is 3.89. The molecule has 1 saturated heterocycles. The molecule has 0 radical (unpaired) electrons. The Labute approximate surface area is 145 Å². The van der Waals surface area contributed by atoms with Crippen LogP contribution in [-0.4, -0.2) is 34.3 Å². The van der Waals surface area contributed by atoms with Gasteiger partial charge in [-0.05, 0) is 48.7 Å². The third-order valence-electron chi connectivity index (χ3n) is 4.57. The number of sulfonamides is 1. The van der Waals surface area contributed by atoms with Crippen molar-refractivity contribution in [3.8, 4) is 5.75 Å². The van der Waals surface area contributed by atoms with Crippen LogP contribution in [0.25, 0.3) is 10.9 Å². The minimum atomic E-state index is -3.72. The van der Waals surface area contributed by atoms with Crippen LogP contribution >= 0.6 is 0 Å². The molecule has 1 aliphatic rings. The third kappa shape index (κ3) is 2.65. The maximum Gasteiger partial charge on any atom is 0.244 e. The molecule has 0 bridgehead atoms. The summed E-state index contributed by atoms with van der Waals surface area (Å²) in [6.45, 7) is 0.463. The Morgan fingerprint density at radius 1 is 1.12 bits per heavy atom. The lowest BCUT2D eigenvalue weighted by molar-refractivity contribution is 0.396. The average Bonchev–Trinajstić information content (AvgIpc) is 3.13. The summed E-state index contributed by atoms with van der Waals surface area (Å²) >= 11 is 0. The molecule has 3 heterocycles. The number of hydrogen-bond donors (Lipinski definition) is 1. The maximum absolute atomic E-state index is 13.3. The largest absolute Gasteiger partial charge is 0.506 e. The van der Waals surface area contributed by atoms with Crippen molar-refractivity contribution in [2.45, 2.75) is 23.8 Å². The summed E-state index contributed by atoms with van der Waals surface area (Å²) in [5.74, 6) is -0.0280. The van der Waals surface area contributed by atoms with E-state index in [1.807, 2.05) is 12.1 Å². The third-order valence-corrected chi connectivity index (χ3v) is 6.53. The van der Waals surface area contributed by atoms with Crippen LogP contribution in [0.5, 0.6) is 5.75 Å². The SMILES string of the molecule is O=S(=O)(c1ccc(O)c2ncccc12)N1CCCC1c1cccnc1. The van der Waals surface area contributed by atoms with Gasteiger partial charge in [0, 0.05) is 30.5 Å². The van der Waals surface area contributed by atoms with E-state index in [-0.39, 0.29) is 16.7 Å². The molecule has 6 nitrogen and oxygen atoms in total. The minimum Gasteiger partial charge on any atom is -0.506 e. The summed E-state index contributed by atoms with van der Waals surface area (Å²) in [5, 5.41) is 10.4. The van der Waals surface area contributed by atoms with Crippen molar-refractivity contribution in [3.05, 3.63) is 60.6 Å². The average molecular weight is 355 g/mol. The van der Waals surface area contributed by atoms with Gasteiger partial charge in [-0.15, -0.1) is 0 Å². The van der Waals surface area contributed by atoms with Crippen LogP contribution in [0.15, 0.2) is 59.9 Å². The highest BCUT2D eigenvalue weighted by atomic mass is 32.2. The molecule has 3 aromatic rings. The number of phenols is 1. The van der Waals surface area contributed by atoms with E-state index < -0.39 is 10.0 Å².